The summed E-state index contributed by atoms with van der Waals surface area (Å²) in [5.74, 6) is -1.47. The van der Waals surface area contributed by atoms with Crippen LogP contribution in [0.2, 0.25) is 0 Å². The van der Waals surface area contributed by atoms with Crippen LogP contribution in [0.5, 0.6) is 0 Å². The molecule has 0 spiro atoms. The summed E-state index contributed by atoms with van der Waals surface area (Å²) >= 11 is 0. The van der Waals surface area contributed by atoms with Crippen LogP contribution in [-0.2, 0) is 14.2 Å². The maximum atomic E-state index is 12.0. The van der Waals surface area contributed by atoms with E-state index in [4.69, 9.17) is 5.73 Å². The van der Waals surface area contributed by atoms with Gasteiger partial charge in [-0.1, -0.05) is 44.1 Å². The molecule has 0 saturated heterocycles. The van der Waals surface area contributed by atoms with Crippen molar-refractivity contribution in [2.24, 2.45) is 5.73 Å². The monoisotopic (exact) mass is 319 g/mol. The number of Topliss-reactive ketones (excluding diaryl/α,β-unsaturated/α-hetero) is 2. The van der Waals surface area contributed by atoms with E-state index in [9.17, 15) is 24.2 Å². The zero-order chi connectivity index (χ0) is 16.5. The van der Waals surface area contributed by atoms with E-state index in [-0.39, 0.29) is 12.8 Å². The van der Waals surface area contributed by atoms with Gasteiger partial charge in [-0.3, -0.25) is 9.59 Å². The first-order valence-electron chi connectivity index (χ1n) is 7.50. The number of rotatable bonds is 12. The average Bonchev–Trinajstić information content (AvgIpc) is 2.45. The molecule has 0 aromatic carbocycles. The molecular weight excluding hydrogens is 293 g/mol. The summed E-state index contributed by atoms with van der Waals surface area (Å²) < 4.78 is 11.3. The van der Waals surface area contributed by atoms with Gasteiger partial charge in [0.15, 0.2) is 5.78 Å². The molecule has 0 bridgehead atoms. The number of hydrogen-bond donors (Lipinski definition) is 2. The smallest absolute Gasteiger partial charge is 0.355 e. The zero-order valence-corrected chi connectivity index (χ0v) is 13.7. The second-order valence-corrected chi connectivity index (χ2v) is 6.46. The second kappa shape index (κ2) is 10.1. The van der Waals surface area contributed by atoms with E-state index in [1.165, 1.54) is 0 Å². The van der Waals surface area contributed by atoms with E-state index in [1.807, 2.05) is 13.8 Å². The van der Waals surface area contributed by atoms with Crippen molar-refractivity contribution in [1.82, 2.24) is 0 Å². The van der Waals surface area contributed by atoms with Crippen molar-refractivity contribution in [2.75, 3.05) is 0 Å². The first kappa shape index (κ1) is 20.3. The molecule has 21 heavy (non-hydrogen) atoms. The van der Waals surface area contributed by atoms with E-state index in [0.29, 0.717) is 12.8 Å². The third kappa shape index (κ3) is 5.91. The molecule has 3 N–H and O–H groups in total. The highest BCUT2D eigenvalue weighted by atomic mass is 31.1. The number of carbonyl (C=O) groups excluding carboxylic acids is 2. The van der Waals surface area contributed by atoms with Gasteiger partial charge in [0.25, 0.3) is 0 Å². The van der Waals surface area contributed by atoms with Gasteiger partial charge >= 0.3 is 13.4 Å². The van der Waals surface area contributed by atoms with Crippen molar-refractivity contribution in [1.29, 1.82) is 0 Å². The lowest BCUT2D eigenvalue weighted by Gasteiger charge is -2.23. The van der Waals surface area contributed by atoms with E-state index in [0.717, 1.165) is 25.7 Å². The minimum atomic E-state index is -3.54. The molecular formula is C14H26NO5P. The number of nitrogens with two attached hydrogens (primary N) is 1. The molecule has 0 fully saturated rings. The normalized spacial score (nSPS) is 16.1. The molecule has 3 unspecified atom stereocenters. The molecule has 0 heterocycles. The summed E-state index contributed by atoms with van der Waals surface area (Å²) in [4.78, 5) is 35.2. The molecule has 122 valence electrons. The van der Waals surface area contributed by atoms with Gasteiger partial charge in [0, 0.05) is 12.8 Å². The van der Waals surface area contributed by atoms with Gasteiger partial charge in [0.05, 0.1) is 0 Å². The largest absolute Gasteiger partial charge is 0.593 e. The standard InChI is InChI=1S/C14H26NO5P/c1-3-5-7-9-11(16)13(15)14(18,21(19)20)12(17)10-8-6-4-2/h13,18H,3-10,15H2,1-2H3. The van der Waals surface area contributed by atoms with E-state index in [2.05, 4.69) is 0 Å². The number of aliphatic hydroxyl groups is 1. The highest BCUT2D eigenvalue weighted by Gasteiger charge is 2.56. The van der Waals surface area contributed by atoms with Crippen molar-refractivity contribution in [3.8, 4) is 0 Å². The lowest BCUT2D eigenvalue weighted by molar-refractivity contribution is -0.183. The molecule has 0 amide bonds. The molecule has 0 aromatic rings. The van der Waals surface area contributed by atoms with Crippen LogP contribution in [0.15, 0.2) is 0 Å². The molecule has 3 atom stereocenters. The van der Waals surface area contributed by atoms with Gasteiger partial charge in [-0.15, -0.1) is 0 Å². The lowest BCUT2D eigenvalue weighted by atomic mass is 9.96. The predicted octanol–water partition coefficient (Wildman–Crippen LogP) is 1.40. The molecule has 0 aromatic heterocycles. The molecule has 0 saturated carbocycles. The topological polar surface area (TPSA) is 121 Å². The first-order valence-corrected chi connectivity index (χ1v) is 8.68. The molecule has 0 aliphatic heterocycles. The number of ketones is 2. The van der Waals surface area contributed by atoms with Gasteiger partial charge < -0.3 is 15.7 Å². The third-order valence-electron chi connectivity index (χ3n) is 3.50. The van der Waals surface area contributed by atoms with E-state index in [1.54, 1.807) is 0 Å². The summed E-state index contributed by atoms with van der Waals surface area (Å²) in [5.41, 5.74) is 5.58. The fourth-order valence-corrected chi connectivity index (χ4v) is 2.72. The SMILES string of the molecule is CCCCCC(=O)C(N)C(O)(C(=O)CCCCC)[P+](=O)[O-]. The maximum Gasteiger partial charge on any atom is 0.355 e. The number of carbonyl (C=O) groups is 2. The third-order valence-corrected chi connectivity index (χ3v) is 4.59. The quantitative estimate of drug-likeness (QED) is 0.414. The van der Waals surface area contributed by atoms with Crippen molar-refractivity contribution < 1.29 is 24.2 Å². The fourth-order valence-electron chi connectivity index (χ4n) is 2.04. The summed E-state index contributed by atoms with van der Waals surface area (Å²) in [6.45, 7) is 3.90. The van der Waals surface area contributed by atoms with Crippen molar-refractivity contribution in [3.63, 3.8) is 0 Å². The first-order chi connectivity index (χ1) is 9.82. The van der Waals surface area contributed by atoms with Crippen molar-refractivity contribution in [2.45, 2.75) is 76.6 Å². The van der Waals surface area contributed by atoms with Crippen LogP contribution in [0.25, 0.3) is 0 Å². The summed E-state index contributed by atoms with van der Waals surface area (Å²) in [7, 11) is -3.54. The zero-order valence-electron chi connectivity index (χ0n) is 12.8. The Labute approximate surface area is 127 Å². The van der Waals surface area contributed by atoms with Crippen LogP contribution in [0, 0.1) is 0 Å². The van der Waals surface area contributed by atoms with Gasteiger partial charge in [-0.05, 0) is 12.8 Å². The summed E-state index contributed by atoms with van der Waals surface area (Å²) in [6, 6.07) is -1.70. The Kier molecular flexibility index (Phi) is 9.79. The van der Waals surface area contributed by atoms with Crippen LogP contribution in [-0.4, -0.2) is 28.1 Å². The lowest BCUT2D eigenvalue weighted by Crippen LogP contribution is -2.56. The van der Waals surface area contributed by atoms with E-state index < -0.39 is 31.0 Å². The molecule has 0 radical (unpaired) electrons. The highest BCUT2D eigenvalue weighted by molar-refractivity contribution is 7.39. The van der Waals surface area contributed by atoms with Crippen LogP contribution < -0.4 is 10.6 Å². The van der Waals surface area contributed by atoms with E-state index >= 15 is 0 Å². The Morgan fingerprint density at radius 1 is 1.14 bits per heavy atom. The second-order valence-electron chi connectivity index (χ2n) is 5.26. The summed E-state index contributed by atoms with van der Waals surface area (Å²) in [6.07, 6.45) is 4.33. The Bertz CT molecular complexity index is 374. The number of unbranched alkanes of at least 4 members (excludes halogenated alkanes) is 4. The molecule has 7 heteroatoms. The van der Waals surface area contributed by atoms with Crippen LogP contribution in [0.3, 0.4) is 0 Å². The predicted molar refractivity (Wildman–Crippen MR) is 78.8 cm³/mol. The Hall–Kier alpha value is -0.680. The molecule has 0 rings (SSSR count). The molecule has 0 aliphatic rings. The minimum absolute atomic E-state index is 0.0722. The van der Waals surface area contributed by atoms with Gasteiger partial charge in [0.1, 0.15) is 6.04 Å². The Morgan fingerprint density at radius 2 is 1.62 bits per heavy atom. The van der Waals surface area contributed by atoms with Crippen molar-refractivity contribution >= 4 is 19.6 Å². The van der Waals surface area contributed by atoms with Crippen LogP contribution >= 0.6 is 8.03 Å². The average molecular weight is 319 g/mol. The van der Waals surface area contributed by atoms with Crippen LogP contribution in [0.4, 0.5) is 0 Å². The van der Waals surface area contributed by atoms with Gasteiger partial charge in [-0.2, -0.15) is 0 Å². The van der Waals surface area contributed by atoms with Gasteiger partial charge in [-0.25, -0.2) is 0 Å². The summed E-state index contributed by atoms with van der Waals surface area (Å²) in [5, 5.41) is 7.39. The molecule has 6 nitrogen and oxygen atoms in total. The molecule has 0 aliphatic carbocycles. The fraction of sp³-hybridized carbons (Fsp3) is 0.857. The number of hydrogen-bond acceptors (Lipinski definition) is 6. The minimum Gasteiger partial charge on any atom is -0.593 e. The van der Waals surface area contributed by atoms with Gasteiger partial charge in [0.2, 0.25) is 5.78 Å². The Balaban J connectivity index is 4.87. The highest BCUT2D eigenvalue weighted by Crippen LogP contribution is 2.35. The Morgan fingerprint density at radius 3 is 2.05 bits per heavy atom. The van der Waals surface area contributed by atoms with Crippen LogP contribution in [0.1, 0.15) is 65.2 Å². The van der Waals surface area contributed by atoms with Crippen molar-refractivity contribution in [3.05, 3.63) is 0 Å². The maximum absolute atomic E-state index is 12.0.